The molecule has 1 fully saturated rings. The smallest absolute Gasteiger partial charge is 0.231 e. The van der Waals surface area contributed by atoms with E-state index in [2.05, 4.69) is 31.4 Å². The Hall–Kier alpha value is -0.430. The summed E-state index contributed by atoms with van der Waals surface area (Å²) in [6, 6.07) is 2.01. The first kappa shape index (κ1) is 13.0. The van der Waals surface area contributed by atoms with Crippen LogP contribution in [0.3, 0.4) is 0 Å². The van der Waals surface area contributed by atoms with E-state index in [0.717, 1.165) is 34.8 Å². The predicted molar refractivity (Wildman–Crippen MR) is 72.8 cm³/mol. The summed E-state index contributed by atoms with van der Waals surface area (Å²) in [4.78, 5) is 5.48. The number of aromatic nitrogens is 2. The molecule has 1 saturated heterocycles. The fraction of sp³-hybridized carbons (Fsp3) is 0.400. The van der Waals surface area contributed by atoms with E-state index in [-0.39, 0.29) is 12.4 Å². The normalized spacial score (nSPS) is 19.2. The van der Waals surface area contributed by atoms with Gasteiger partial charge in [0.15, 0.2) is 0 Å². The van der Waals surface area contributed by atoms with Gasteiger partial charge in [0.05, 0.1) is 10.8 Å². The van der Waals surface area contributed by atoms with Crippen LogP contribution >= 0.6 is 39.7 Å². The number of thiophene rings is 1. The topological polar surface area (TPSA) is 51.0 Å². The Morgan fingerprint density at radius 1 is 1.53 bits per heavy atom. The molecule has 0 bridgehead atoms. The first-order valence-electron chi connectivity index (χ1n) is 5.11. The lowest BCUT2D eigenvalue weighted by molar-refractivity contribution is 0.359. The molecule has 1 aliphatic heterocycles. The molecule has 7 heteroatoms. The van der Waals surface area contributed by atoms with Gasteiger partial charge in [-0.25, -0.2) is 0 Å². The van der Waals surface area contributed by atoms with Crippen molar-refractivity contribution in [1.29, 1.82) is 0 Å². The van der Waals surface area contributed by atoms with Crippen LogP contribution in [0.4, 0.5) is 0 Å². The number of hydrogen-bond acceptors (Lipinski definition) is 5. The second-order valence-electron chi connectivity index (χ2n) is 3.78. The van der Waals surface area contributed by atoms with Crippen molar-refractivity contribution in [2.45, 2.75) is 12.3 Å². The van der Waals surface area contributed by atoms with Gasteiger partial charge in [-0.15, -0.1) is 23.7 Å². The Kier molecular flexibility index (Phi) is 4.19. The Morgan fingerprint density at radius 2 is 2.41 bits per heavy atom. The maximum Gasteiger partial charge on any atom is 0.231 e. The number of nitrogens with one attached hydrogen (secondary N) is 1. The molecule has 0 radical (unpaired) electrons. The van der Waals surface area contributed by atoms with Crippen molar-refractivity contribution in [3.63, 3.8) is 0 Å². The van der Waals surface area contributed by atoms with Crippen molar-refractivity contribution in [1.82, 2.24) is 15.5 Å². The van der Waals surface area contributed by atoms with E-state index in [1.54, 1.807) is 11.3 Å². The van der Waals surface area contributed by atoms with Crippen LogP contribution in [-0.4, -0.2) is 23.2 Å². The highest BCUT2D eigenvalue weighted by Crippen LogP contribution is 2.29. The molecule has 1 atom stereocenters. The van der Waals surface area contributed by atoms with Crippen LogP contribution in [0, 0.1) is 0 Å². The van der Waals surface area contributed by atoms with Crippen LogP contribution < -0.4 is 5.32 Å². The first-order chi connectivity index (χ1) is 7.83. The summed E-state index contributed by atoms with van der Waals surface area (Å²) in [5.74, 6) is 1.83. The van der Waals surface area contributed by atoms with E-state index in [1.165, 1.54) is 0 Å². The molecule has 0 aliphatic carbocycles. The van der Waals surface area contributed by atoms with Crippen LogP contribution in [0.1, 0.15) is 18.2 Å². The summed E-state index contributed by atoms with van der Waals surface area (Å²) in [7, 11) is 0. The average Bonchev–Trinajstić information content (AvgIpc) is 2.97. The van der Waals surface area contributed by atoms with Crippen LogP contribution in [0.15, 0.2) is 20.4 Å². The van der Waals surface area contributed by atoms with E-state index < -0.39 is 0 Å². The van der Waals surface area contributed by atoms with Crippen molar-refractivity contribution < 1.29 is 4.52 Å². The number of nitrogens with zero attached hydrogens (tertiary/aromatic N) is 2. The first-order valence-corrected chi connectivity index (χ1v) is 6.79. The maximum atomic E-state index is 5.30. The van der Waals surface area contributed by atoms with Gasteiger partial charge < -0.3 is 9.84 Å². The van der Waals surface area contributed by atoms with Crippen LogP contribution in [0.5, 0.6) is 0 Å². The van der Waals surface area contributed by atoms with Gasteiger partial charge in [-0.05, 0) is 35.0 Å². The van der Waals surface area contributed by atoms with Gasteiger partial charge in [-0.3, -0.25) is 0 Å². The summed E-state index contributed by atoms with van der Waals surface area (Å²) in [5.41, 5.74) is 0. The van der Waals surface area contributed by atoms with Crippen molar-refractivity contribution in [3.8, 4) is 10.7 Å². The second kappa shape index (κ2) is 5.48. The average molecular weight is 337 g/mol. The van der Waals surface area contributed by atoms with E-state index in [0.29, 0.717) is 11.7 Å². The Bertz CT molecular complexity index is 495. The zero-order valence-corrected chi connectivity index (χ0v) is 12.1. The van der Waals surface area contributed by atoms with Crippen LogP contribution in [0.25, 0.3) is 10.7 Å². The molecule has 3 rings (SSSR count). The molecule has 3 heterocycles. The molecule has 0 aromatic carbocycles. The number of hydrogen-bond donors (Lipinski definition) is 1. The standard InChI is InChI=1S/C10H10BrN3OS.ClH/c11-7-3-8(16-5-7)9-13-10(15-14-9)6-1-2-12-4-6;/h3,5-6,12H,1-2,4H2;1H. The van der Waals surface area contributed by atoms with Gasteiger partial charge in [-0.1, -0.05) is 5.16 Å². The molecule has 92 valence electrons. The third kappa shape index (κ3) is 2.70. The lowest BCUT2D eigenvalue weighted by Gasteiger charge is -1.98. The third-order valence-electron chi connectivity index (χ3n) is 2.64. The molecule has 0 saturated carbocycles. The molecule has 0 spiro atoms. The zero-order valence-electron chi connectivity index (χ0n) is 8.85. The van der Waals surface area contributed by atoms with E-state index in [4.69, 9.17) is 4.52 Å². The molecular formula is C10H11BrClN3OS. The Balaban J connectivity index is 0.00000108. The molecule has 2 aromatic heterocycles. The summed E-state index contributed by atoms with van der Waals surface area (Å²) < 4.78 is 6.36. The number of rotatable bonds is 2. The molecule has 0 amide bonds. The predicted octanol–water partition coefficient (Wildman–Crippen LogP) is 3.06. The van der Waals surface area contributed by atoms with Crippen LogP contribution in [0.2, 0.25) is 0 Å². The molecule has 1 aliphatic rings. The second-order valence-corrected chi connectivity index (χ2v) is 5.60. The maximum absolute atomic E-state index is 5.30. The SMILES string of the molecule is Brc1csc(-c2noc(C3CCNC3)n2)c1.Cl. The third-order valence-corrected chi connectivity index (χ3v) is 4.33. The van der Waals surface area contributed by atoms with Gasteiger partial charge >= 0.3 is 0 Å². The van der Waals surface area contributed by atoms with E-state index in [9.17, 15) is 0 Å². The lowest BCUT2D eigenvalue weighted by atomic mass is 10.1. The molecular weight excluding hydrogens is 326 g/mol. The lowest BCUT2D eigenvalue weighted by Crippen LogP contribution is -2.08. The largest absolute Gasteiger partial charge is 0.339 e. The van der Waals surface area contributed by atoms with E-state index in [1.807, 2.05) is 11.4 Å². The zero-order chi connectivity index (χ0) is 11.0. The van der Waals surface area contributed by atoms with Gasteiger partial charge in [0.2, 0.25) is 11.7 Å². The fourth-order valence-electron chi connectivity index (χ4n) is 1.80. The molecule has 4 nitrogen and oxygen atoms in total. The highest BCUT2D eigenvalue weighted by Gasteiger charge is 2.23. The minimum atomic E-state index is 0. The summed E-state index contributed by atoms with van der Waals surface area (Å²) in [6.45, 7) is 1.97. The minimum Gasteiger partial charge on any atom is -0.339 e. The van der Waals surface area contributed by atoms with Crippen molar-refractivity contribution >= 4 is 39.7 Å². The Morgan fingerprint density at radius 3 is 3.06 bits per heavy atom. The molecule has 17 heavy (non-hydrogen) atoms. The van der Waals surface area contributed by atoms with Crippen LogP contribution in [-0.2, 0) is 0 Å². The summed E-state index contributed by atoms with van der Waals surface area (Å²) in [6.07, 6.45) is 1.08. The number of halogens is 2. The molecule has 1 N–H and O–H groups in total. The molecule has 1 unspecified atom stereocenters. The minimum absolute atomic E-state index is 0. The molecule has 2 aromatic rings. The van der Waals surface area contributed by atoms with Crippen molar-refractivity contribution in [2.24, 2.45) is 0 Å². The van der Waals surface area contributed by atoms with Gasteiger partial charge in [0.1, 0.15) is 0 Å². The quantitative estimate of drug-likeness (QED) is 0.916. The van der Waals surface area contributed by atoms with E-state index >= 15 is 0 Å². The Labute approximate surface area is 117 Å². The summed E-state index contributed by atoms with van der Waals surface area (Å²) >= 11 is 5.03. The summed E-state index contributed by atoms with van der Waals surface area (Å²) in [5, 5.41) is 9.33. The van der Waals surface area contributed by atoms with Gasteiger partial charge in [0.25, 0.3) is 0 Å². The van der Waals surface area contributed by atoms with Crippen molar-refractivity contribution in [2.75, 3.05) is 13.1 Å². The highest BCUT2D eigenvalue weighted by atomic mass is 79.9. The fourth-order valence-corrected chi connectivity index (χ4v) is 3.15. The highest BCUT2D eigenvalue weighted by molar-refractivity contribution is 9.10. The van der Waals surface area contributed by atoms with Gasteiger partial charge in [-0.2, -0.15) is 4.98 Å². The van der Waals surface area contributed by atoms with Gasteiger partial charge in [0, 0.05) is 16.4 Å². The monoisotopic (exact) mass is 335 g/mol. The van der Waals surface area contributed by atoms with Crippen molar-refractivity contribution in [3.05, 3.63) is 21.8 Å².